The van der Waals surface area contributed by atoms with Crippen LogP contribution in [0.15, 0.2) is 6.20 Å². The van der Waals surface area contributed by atoms with Crippen LogP contribution in [0.2, 0.25) is 0 Å². The first kappa shape index (κ1) is 13.4. The van der Waals surface area contributed by atoms with Crippen molar-refractivity contribution >= 4 is 5.95 Å². The minimum atomic E-state index is 0.416. The lowest BCUT2D eigenvalue weighted by Crippen LogP contribution is -2.40. The lowest BCUT2D eigenvalue weighted by Gasteiger charge is -2.45. The summed E-state index contributed by atoms with van der Waals surface area (Å²) in [6, 6.07) is 0.532. The van der Waals surface area contributed by atoms with Gasteiger partial charge in [0.1, 0.15) is 0 Å². The Morgan fingerprint density at radius 2 is 1.78 bits per heavy atom. The van der Waals surface area contributed by atoms with Gasteiger partial charge in [0.25, 0.3) is 0 Å². The summed E-state index contributed by atoms with van der Waals surface area (Å²) in [5, 5.41) is 3.63. The van der Waals surface area contributed by atoms with Gasteiger partial charge in [-0.25, -0.2) is 4.98 Å². The molecule has 0 radical (unpaired) electrons. The van der Waals surface area contributed by atoms with E-state index in [0.29, 0.717) is 16.9 Å². The molecule has 0 amide bonds. The summed E-state index contributed by atoms with van der Waals surface area (Å²) in [7, 11) is 2.06. The zero-order valence-corrected chi connectivity index (χ0v) is 12.7. The highest BCUT2D eigenvalue weighted by Gasteiger charge is 2.38. The first-order chi connectivity index (χ1) is 8.17. The van der Waals surface area contributed by atoms with E-state index in [1.54, 1.807) is 0 Å². The second kappa shape index (κ2) is 4.29. The van der Waals surface area contributed by atoms with Crippen molar-refractivity contribution in [3.8, 4) is 0 Å². The number of imidazole rings is 1. The summed E-state index contributed by atoms with van der Waals surface area (Å²) in [4.78, 5) is 4.55. The van der Waals surface area contributed by atoms with Gasteiger partial charge in [-0.15, -0.1) is 0 Å². The van der Waals surface area contributed by atoms with E-state index in [0.717, 1.165) is 11.6 Å². The summed E-state index contributed by atoms with van der Waals surface area (Å²) < 4.78 is 2.09. The molecular formula is C15H27N3. The van der Waals surface area contributed by atoms with Gasteiger partial charge in [0, 0.05) is 19.3 Å². The number of anilines is 1. The van der Waals surface area contributed by atoms with Gasteiger partial charge in [-0.1, -0.05) is 27.7 Å². The Bertz CT molecular complexity index is 413. The van der Waals surface area contributed by atoms with Gasteiger partial charge >= 0.3 is 0 Å². The van der Waals surface area contributed by atoms with Crippen molar-refractivity contribution in [1.82, 2.24) is 9.55 Å². The van der Waals surface area contributed by atoms with E-state index in [4.69, 9.17) is 0 Å². The summed E-state index contributed by atoms with van der Waals surface area (Å²) in [5.41, 5.74) is 1.91. The maximum atomic E-state index is 4.55. The summed E-state index contributed by atoms with van der Waals surface area (Å²) in [5.74, 6) is 1.01. The zero-order chi connectivity index (χ0) is 13.6. The first-order valence-corrected chi connectivity index (χ1v) is 6.93. The van der Waals surface area contributed by atoms with Crippen molar-refractivity contribution in [2.45, 2.75) is 59.9 Å². The van der Waals surface area contributed by atoms with Crippen LogP contribution >= 0.6 is 0 Å². The lowest BCUT2D eigenvalue weighted by atomic mass is 9.63. The van der Waals surface area contributed by atoms with E-state index in [1.165, 1.54) is 19.3 Å². The Morgan fingerprint density at radius 3 is 2.22 bits per heavy atom. The molecule has 1 N–H and O–H groups in total. The number of hydrogen-bond donors (Lipinski definition) is 1. The highest BCUT2D eigenvalue weighted by molar-refractivity contribution is 5.30. The Morgan fingerprint density at radius 1 is 1.22 bits per heavy atom. The zero-order valence-electron chi connectivity index (χ0n) is 12.7. The van der Waals surface area contributed by atoms with Crippen LogP contribution in [0.1, 0.15) is 52.7 Å². The standard InChI is InChI=1S/C15H27N3/c1-11-9-18(6)13(16-11)17-12-7-14(2,3)10-15(4,5)8-12/h9,12H,7-8,10H2,1-6H3,(H,16,17). The van der Waals surface area contributed by atoms with E-state index in [9.17, 15) is 0 Å². The first-order valence-electron chi connectivity index (χ1n) is 6.93. The second-order valence-electron chi connectivity index (χ2n) is 7.57. The van der Waals surface area contributed by atoms with Crippen LogP contribution in [0.4, 0.5) is 5.95 Å². The molecule has 0 atom stereocenters. The topological polar surface area (TPSA) is 29.9 Å². The molecule has 0 aromatic carbocycles. The van der Waals surface area contributed by atoms with Crippen LogP contribution in [-0.2, 0) is 7.05 Å². The summed E-state index contributed by atoms with van der Waals surface area (Å²) in [6.07, 6.45) is 5.82. The number of aromatic nitrogens is 2. The molecule has 0 bridgehead atoms. The van der Waals surface area contributed by atoms with Crippen LogP contribution in [0, 0.1) is 17.8 Å². The predicted octanol–water partition coefficient (Wildman–Crippen LogP) is 3.75. The highest BCUT2D eigenvalue weighted by Crippen LogP contribution is 2.46. The fourth-order valence-electron chi connectivity index (χ4n) is 3.88. The van der Waals surface area contributed by atoms with Crippen LogP contribution in [-0.4, -0.2) is 15.6 Å². The molecule has 2 rings (SSSR count). The Labute approximate surface area is 111 Å². The third kappa shape index (κ3) is 3.06. The molecule has 1 saturated carbocycles. The monoisotopic (exact) mass is 249 g/mol. The van der Waals surface area contributed by atoms with Gasteiger partial charge in [-0.3, -0.25) is 0 Å². The van der Waals surface area contributed by atoms with E-state index in [1.807, 2.05) is 6.92 Å². The summed E-state index contributed by atoms with van der Waals surface area (Å²) in [6.45, 7) is 11.6. The van der Waals surface area contributed by atoms with E-state index < -0.39 is 0 Å². The van der Waals surface area contributed by atoms with Crippen molar-refractivity contribution in [1.29, 1.82) is 0 Å². The molecule has 0 aliphatic heterocycles. The van der Waals surface area contributed by atoms with E-state index in [-0.39, 0.29) is 0 Å². The minimum Gasteiger partial charge on any atom is -0.353 e. The number of rotatable bonds is 2. The average molecular weight is 249 g/mol. The molecule has 1 aliphatic rings. The highest BCUT2D eigenvalue weighted by atomic mass is 15.2. The van der Waals surface area contributed by atoms with E-state index in [2.05, 4.69) is 55.8 Å². The molecule has 3 heteroatoms. The van der Waals surface area contributed by atoms with Crippen LogP contribution in [0.5, 0.6) is 0 Å². The minimum absolute atomic E-state index is 0.416. The lowest BCUT2D eigenvalue weighted by molar-refractivity contribution is 0.105. The third-order valence-corrected chi connectivity index (χ3v) is 3.89. The van der Waals surface area contributed by atoms with Gasteiger partial charge in [0.15, 0.2) is 0 Å². The molecule has 1 aliphatic carbocycles. The number of aryl methyl sites for hydroxylation is 2. The van der Waals surface area contributed by atoms with Gasteiger partial charge in [0.2, 0.25) is 5.95 Å². The molecule has 0 spiro atoms. The third-order valence-electron chi connectivity index (χ3n) is 3.89. The smallest absolute Gasteiger partial charge is 0.202 e. The van der Waals surface area contributed by atoms with Gasteiger partial charge in [-0.05, 0) is 37.0 Å². The quantitative estimate of drug-likeness (QED) is 0.865. The predicted molar refractivity (Wildman–Crippen MR) is 76.8 cm³/mol. The maximum Gasteiger partial charge on any atom is 0.202 e. The van der Waals surface area contributed by atoms with Crippen LogP contribution in [0.25, 0.3) is 0 Å². The Balaban J connectivity index is 2.12. The molecule has 1 heterocycles. The largest absolute Gasteiger partial charge is 0.353 e. The second-order valence-corrected chi connectivity index (χ2v) is 7.57. The fourth-order valence-corrected chi connectivity index (χ4v) is 3.88. The van der Waals surface area contributed by atoms with Gasteiger partial charge < -0.3 is 9.88 Å². The molecule has 0 unspecified atom stereocenters. The number of nitrogens with zero attached hydrogens (tertiary/aromatic N) is 2. The van der Waals surface area contributed by atoms with Crippen molar-refractivity contribution in [2.24, 2.45) is 17.9 Å². The van der Waals surface area contributed by atoms with Crippen LogP contribution < -0.4 is 5.32 Å². The summed E-state index contributed by atoms with van der Waals surface area (Å²) >= 11 is 0. The fraction of sp³-hybridized carbons (Fsp3) is 0.800. The normalized spacial score (nSPS) is 23.0. The molecule has 1 aromatic heterocycles. The van der Waals surface area contributed by atoms with Crippen molar-refractivity contribution < 1.29 is 0 Å². The van der Waals surface area contributed by atoms with Crippen molar-refractivity contribution in [3.63, 3.8) is 0 Å². The molecule has 102 valence electrons. The van der Waals surface area contributed by atoms with Crippen molar-refractivity contribution in [2.75, 3.05) is 5.32 Å². The number of nitrogens with one attached hydrogen (secondary N) is 1. The molecule has 3 nitrogen and oxygen atoms in total. The van der Waals surface area contributed by atoms with Crippen LogP contribution in [0.3, 0.4) is 0 Å². The Hall–Kier alpha value is -0.990. The molecular weight excluding hydrogens is 222 g/mol. The van der Waals surface area contributed by atoms with Gasteiger partial charge in [0.05, 0.1) is 5.69 Å². The molecule has 1 aromatic rings. The molecule has 1 fully saturated rings. The maximum absolute atomic E-state index is 4.55. The Kier molecular flexibility index (Phi) is 3.20. The SMILES string of the molecule is Cc1cn(C)c(NC2CC(C)(C)CC(C)(C)C2)n1. The molecule has 18 heavy (non-hydrogen) atoms. The van der Waals surface area contributed by atoms with Crippen molar-refractivity contribution in [3.05, 3.63) is 11.9 Å². The number of hydrogen-bond acceptors (Lipinski definition) is 2. The molecule has 0 saturated heterocycles. The average Bonchev–Trinajstić information content (AvgIpc) is 2.38. The van der Waals surface area contributed by atoms with Gasteiger partial charge in [-0.2, -0.15) is 0 Å². The van der Waals surface area contributed by atoms with E-state index >= 15 is 0 Å².